The molecule has 0 unspecified atom stereocenters. The van der Waals surface area contributed by atoms with Gasteiger partial charge in [-0.1, -0.05) is 17.7 Å². The Kier molecular flexibility index (Phi) is 4.86. The van der Waals surface area contributed by atoms with Crippen LogP contribution in [-0.2, 0) is 4.74 Å². The number of halogens is 1. The SMILES string of the molecule is COC1=CC(CC#N)=CC=C(Oc2ccc(Cl)cc2)C1. The maximum atomic E-state index is 8.77. The number of nitriles is 1. The lowest BCUT2D eigenvalue weighted by Gasteiger charge is -2.10. The molecule has 0 fully saturated rings. The van der Waals surface area contributed by atoms with Crippen LogP contribution in [0.2, 0.25) is 5.02 Å². The molecule has 1 aromatic carbocycles. The number of rotatable bonds is 4. The number of ether oxygens (including phenoxy) is 2. The van der Waals surface area contributed by atoms with E-state index in [1.807, 2.05) is 30.4 Å². The van der Waals surface area contributed by atoms with E-state index < -0.39 is 0 Å². The van der Waals surface area contributed by atoms with Crippen molar-refractivity contribution < 1.29 is 9.47 Å². The average Bonchev–Trinajstić information content (AvgIpc) is 2.64. The highest BCUT2D eigenvalue weighted by molar-refractivity contribution is 6.30. The van der Waals surface area contributed by atoms with E-state index in [1.54, 1.807) is 19.2 Å². The average molecular weight is 288 g/mol. The van der Waals surface area contributed by atoms with Crippen LogP contribution >= 0.6 is 11.6 Å². The highest BCUT2D eigenvalue weighted by Crippen LogP contribution is 2.24. The molecule has 1 aliphatic carbocycles. The molecular weight excluding hydrogens is 274 g/mol. The third-order valence-electron chi connectivity index (χ3n) is 2.79. The largest absolute Gasteiger partial charge is 0.501 e. The van der Waals surface area contributed by atoms with Gasteiger partial charge in [0.05, 0.1) is 26.0 Å². The second-order valence-electron chi connectivity index (χ2n) is 4.26. The molecular formula is C16H14ClNO2. The molecule has 0 aromatic heterocycles. The van der Waals surface area contributed by atoms with Crippen molar-refractivity contribution >= 4 is 11.6 Å². The van der Waals surface area contributed by atoms with Crippen LogP contribution in [0.1, 0.15) is 12.8 Å². The number of nitrogens with zero attached hydrogens (tertiary/aromatic N) is 1. The Morgan fingerprint density at radius 3 is 2.60 bits per heavy atom. The van der Waals surface area contributed by atoms with Gasteiger partial charge in [0, 0.05) is 5.02 Å². The van der Waals surface area contributed by atoms with Crippen molar-refractivity contribution in [1.82, 2.24) is 0 Å². The minimum absolute atomic E-state index is 0.345. The topological polar surface area (TPSA) is 42.2 Å². The molecule has 0 heterocycles. The van der Waals surface area contributed by atoms with Crippen molar-refractivity contribution in [2.75, 3.05) is 7.11 Å². The van der Waals surface area contributed by atoms with Gasteiger partial charge in [-0.25, -0.2) is 0 Å². The molecule has 20 heavy (non-hydrogen) atoms. The van der Waals surface area contributed by atoms with E-state index >= 15 is 0 Å². The van der Waals surface area contributed by atoms with E-state index in [-0.39, 0.29) is 0 Å². The van der Waals surface area contributed by atoms with E-state index in [0.717, 1.165) is 17.1 Å². The fraction of sp³-hybridized carbons (Fsp3) is 0.188. The summed E-state index contributed by atoms with van der Waals surface area (Å²) in [5.74, 6) is 2.24. The number of hydrogen-bond acceptors (Lipinski definition) is 3. The van der Waals surface area contributed by atoms with Gasteiger partial charge in [-0.15, -0.1) is 0 Å². The molecule has 1 aliphatic rings. The predicted molar refractivity (Wildman–Crippen MR) is 78.2 cm³/mol. The molecule has 0 atom stereocenters. The summed E-state index contributed by atoms with van der Waals surface area (Å²) in [6.45, 7) is 0. The molecule has 0 saturated heterocycles. The monoisotopic (exact) mass is 287 g/mol. The zero-order valence-electron chi connectivity index (χ0n) is 11.1. The number of hydrogen-bond donors (Lipinski definition) is 0. The summed E-state index contributed by atoms with van der Waals surface area (Å²) in [6, 6.07) is 9.30. The van der Waals surface area contributed by atoms with E-state index in [2.05, 4.69) is 6.07 Å². The first-order chi connectivity index (χ1) is 9.71. The second-order valence-corrected chi connectivity index (χ2v) is 4.69. The maximum Gasteiger partial charge on any atom is 0.127 e. The summed E-state index contributed by atoms with van der Waals surface area (Å²) in [7, 11) is 1.61. The molecule has 0 amide bonds. The van der Waals surface area contributed by atoms with Gasteiger partial charge in [-0.05, 0) is 42.0 Å². The molecule has 2 rings (SSSR count). The molecule has 0 saturated carbocycles. The first-order valence-corrected chi connectivity index (χ1v) is 6.53. The third-order valence-corrected chi connectivity index (χ3v) is 3.04. The summed E-state index contributed by atoms with van der Waals surface area (Å²) in [4.78, 5) is 0. The van der Waals surface area contributed by atoms with Crippen LogP contribution in [-0.4, -0.2) is 7.11 Å². The summed E-state index contributed by atoms with van der Waals surface area (Å²) in [6.07, 6.45) is 6.50. The summed E-state index contributed by atoms with van der Waals surface area (Å²) in [5, 5.41) is 9.44. The van der Waals surface area contributed by atoms with Crippen molar-refractivity contribution in [3.05, 3.63) is 64.6 Å². The first kappa shape index (κ1) is 14.2. The predicted octanol–water partition coefficient (Wildman–Crippen LogP) is 4.38. The van der Waals surface area contributed by atoms with Gasteiger partial charge < -0.3 is 9.47 Å². The fourth-order valence-electron chi connectivity index (χ4n) is 1.79. The molecule has 1 aromatic rings. The van der Waals surface area contributed by atoms with Gasteiger partial charge in [-0.2, -0.15) is 5.26 Å². The Balaban J connectivity index is 2.17. The van der Waals surface area contributed by atoms with Crippen LogP contribution in [0, 0.1) is 11.3 Å². The Bertz CT molecular complexity index is 606. The zero-order chi connectivity index (χ0) is 14.4. The standard InChI is InChI=1S/C16H14ClNO2/c1-19-16-10-12(8-9-18)2-5-15(11-16)20-14-6-3-13(17)4-7-14/h2-7,10H,8,11H2,1H3. The number of allylic oxidation sites excluding steroid dienone is 4. The first-order valence-electron chi connectivity index (χ1n) is 6.16. The zero-order valence-corrected chi connectivity index (χ0v) is 11.9. The van der Waals surface area contributed by atoms with E-state index in [9.17, 15) is 0 Å². The summed E-state index contributed by atoms with van der Waals surface area (Å²) < 4.78 is 11.1. The Hall–Kier alpha value is -2.18. The summed E-state index contributed by atoms with van der Waals surface area (Å²) >= 11 is 5.84. The molecule has 0 bridgehead atoms. The lowest BCUT2D eigenvalue weighted by Crippen LogP contribution is -1.98. The highest BCUT2D eigenvalue weighted by Gasteiger charge is 2.10. The van der Waals surface area contributed by atoms with Gasteiger partial charge in [-0.3, -0.25) is 0 Å². The molecule has 0 aliphatic heterocycles. The molecule has 102 valence electrons. The maximum absolute atomic E-state index is 8.77. The van der Waals surface area contributed by atoms with Crippen LogP contribution in [0.25, 0.3) is 0 Å². The fourth-order valence-corrected chi connectivity index (χ4v) is 1.92. The van der Waals surface area contributed by atoms with Gasteiger partial charge in [0.2, 0.25) is 0 Å². The van der Waals surface area contributed by atoms with Gasteiger partial charge in [0.25, 0.3) is 0 Å². The Morgan fingerprint density at radius 2 is 1.95 bits per heavy atom. The minimum atomic E-state index is 0.345. The van der Waals surface area contributed by atoms with Crippen molar-refractivity contribution in [2.45, 2.75) is 12.8 Å². The van der Waals surface area contributed by atoms with Crippen LogP contribution in [0.4, 0.5) is 0 Å². The van der Waals surface area contributed by atoms with Crippen LogP contribution in [0.15, 0.2) is 59.6 Å². The van der Waals surface area contributed by atoms with Crippen molar-refractivity contribution in [2.24, 2.45) is 0 Å². The summed E-state index contributed by atoms with van der Waals surface area (Å²) in [5.41, 5.74) is 0.902. The molecule has 0 spiro atoms. The smallest absolute Gasteiger partial charge is 0.127 e. The van der Waals surface area contributed by atoms with E-state index in [0.29, 0.717) is 23.6 Å². The van der Waals surface area contributed by atoms with Crippen molar-refractivity contribution in [1.29, 1.82) is 5.26 Å². The second kappa shape index (κ2) is 6.83. The molecule has 4 heteroatoms. The lowest BCUT2D eigenvalue weighted by molar-refractivity contribution is 0.269. The molecule has 3 nitrogen and oxygen atoms in total. The van der Waals surface area contributed by atoms with E-state index in [4.69, 9.17) is 26.3 Å². The van der Waals surface area contributed by atoms with E-state index in [1.165, 1.54) is 0 Å². The van der Waals surface area contributed by atoms with Gasteiger partial charge >= 0.3 is 0 Å². The number of methoxy groups -OCH3 is 1. The minimum Gasteiger partial charge on any atom is -0.501 e. The quantitative estimate of drug-likeness (QED) is 0.825. The third kappa shape index (κ3) is 3.91. The van der Waals surface area contributed by atoms with Crippen LogP contribution in [0.3, 0.4) is 0 Å². The molecule has 0 N–H and O–H groups in total. The van der Waals surface area contributed by atoms with Crippen molar-refractivity contribution in [3.8, 4) is 11.8 Å². The molecule has 0 radical (unpaired) electrons. The van der Waals surface area contributed by atoms with Gasteiger partial charge in [0.15, 0.2) is 0 Å². The van der Waals surface area contributed by atoms with Crippen LogP contribution in [0.5, 0.6) is 5.75 Å². The van der Waals surface area contributed by atoms with Crippen LogP contribution < -0.4 is 4.74 Å². The van der Waals surface area contributed by atoms with Crippen molar-refractivity contribution in [3.63, 3.8) is 0 Å². The number of benzene rings is 1. The Labute approximate surface area is 123 Å². The Morgan fingerprint density at radius 1 is 1.20 bits per heavy atom. The normalized spacial score (nSPS) is 14.3. The lowest BCUT2D eigenvalue weighted by atomic mass is 10.2. The van der Waals surface area contributed by atoms with Gasteiger partial charge in [0.1, 0.15) is 17.3 Å². The highest BCUT2D eigenvalue weighted by atomic mass is 35.5.